The van der Waals surface area contributed by atoms with Crippen LogP contribution in [0.15, 0.2) is 0 Å². The summed E-state index contributed by atoms with van der Waals surface area (Å²) in [6.45, 7) is 0. The topological polar surface area (TPSA) is 0 Å². The van der Waals surface area contributed by atoms with Crippen LogP contribution in [-0.4, -0.2) is 22.3 Å². The highest BCUT2D eigenvalue weighted by atomic mass is 35.5. The summed E-state index contributed by atoms with van der Waals surface area (Å²) >= 11 is 13.4. The molecule has 0 saturated heterocycles. The molecule has 0 bridgehead atoms. The van der Waals surface area contributed by atoms with E-state index in [2.05, 4.69) is 34.8 Å². The molecule has 0 nitrogen and oxygen atoms in total. The average molecular weight is 251 g/mol. The minimum atomic E-state index is -5.42. The molecule has 0 radical (unpaired) electrons. The highest BCUT2D eigenvalue weighted by Gasteiger charge is 2.67. The molecule has 0 amide bonds. The Balaban J connectivity index is 4.85. The molecule has 74 valence electrons. The first-order valence-electron chi connectivity index (χ1n) is 2.44. The van der Waals surface area contributed by atoms with Crippen LogP contribution in [0, 0.1) is 0 Å². The van der Waals surface area contributed by atoms with Crippen LogP contribution in [-0.2, 0) is 0 Å². The third kappa shape index (κ3) is 2.06. The first-order chi connectivity index (χ1) is 5.06. The minimum Gasteiger partial charge on any atom is -0.202 e. The van der Waals surface area contributed by atoms with Crippen molar-refractivity contribution in [3.63, 3.8) is 0 Å². The van der Waals surface area contributed by atoms with Gasteiger partial charge in [-0.05, 0) is 0 Å². The Labute approximate surface area is 79.6 Å². The second-order valence-corrected chi connectivity index (χ2v) is 3.50. The first kappa shape index (κ1) is 12.5. The van der Waals surface area contributed by atoms with Gasteiger partial charge in [-0.2, -0.15) is 13.2 Å². The lowest BCUT2D eigenvalue weighted by Gasteiger charge is -2.29. The van der Waals surface area contributed by atoms with E-state index in [1.54, 1.807) is 0 Å². The van der Waals surface area contributed by atoms with Gasteiger partial charge < -0.3 is 0 Å². The van der Waals surface area contributed by atoms with Gasteiger partial charge in [0, 0.05) is 0 Å². The highest BCUT2D eigenvalue weighted by molar-refractivity contribution is 6.50. The van der Waals surface area contributed by atoms with Crippen molar-refractivity contribution in [1.82, 2.24) is 0 Å². The molecular weight excluding hydrogens is 249 g/mol. The van der Waals surface area contributed by atoms with Crippen molar-refractivity contribution < 1.29 is 22.0 Å². The van der Waals surface area contributed by atoms with Crippen LogP contribution in [0.2, 0.25) is 0 Å². The lowest BCUT2D eigenvalue weighted by molar-refractivity contribution is -0.191. The highest BCUT2D eigenvalue weighted by Crippen LogP contribution is 2.50. The van der Waals surface area contributed by atoms with Crippen molar-refractivity contribution in [3.05, 3.63) is 0 Å². The van der Waals surface area contributed by atoms with E-state index in [9.17, 15) is 22.0 Å². The largest absolute Gasteiger partial charge is 0.427 e. The molecule has 12 heavy (non-hydrogen) atoms. The quantitative estimate of drug-likeness (QED) is 0.519. The van der Waals surface area contributed by atoms with E-state index in [4.69, 9.17) is 0 Å². The van der Waals surface area contributed by atoms with Gasteiger partial charge in [-0.1, -0.05) is 23.2 Å². The number of rotatable bonds is 2. The second-order valence-electron chi connectivity index (χ2n) is 1.91. The summed E-state index contributed by atoms with van der Waals surface area (Å²) in [7, 11) is 0. The summed E-state index contributed by atoms with van der Waals surface area (Å²) in [5.74, 6) is -6.00. The predicted molar refractivity (Wildman–Crippen MR) is 36.2 cm³/mol. The molecule has 0 unspecified atom stereocenters. The second kappa shape index (κ2) is 3.35. The van der Waals surface area contributed by atoms with Crippen LogP contribution in [0.1, 0.15) is 0 Å². The lowest BCUT2D eigenvalue weighted by Crippen LogP contribution is -2.51. The van der Waals surface area contributed by atoms with Crippen LogP contribution < -0.4 is 0 Å². The average Bonchev–Trinajstić information content (AvgIpc) is 1.85. The van der Waals surface area contributed by atoms with Crippen molar-refractivity contribution in [2.24, 2.45) is 0 Å². The Hall–Kier alpha value is 0.520. The molecule has 0 aromatic heterocycles. The molecule has 0 spiro atoms. The maximum atomic E-state index is 12.3. The molecule has 0 N–H and O–H groups in total. The summed E-state index contributed by atoms with van der Waals surface area (Å²) in [4.78, 5) is 0. The van der Waals surface area contributed by atoms with Gasteiger partial charge in [0.1, 0.15) is 0 Å². The SMILES string of the molecule is FC(F)(F)C(Cl)(Cl)C(F)(F)CCl. The molecule has 0 rings (SSSR count). The van der Waals surface area contributed by atoms with Gasteiger partial charge in [-0.3, -0.25) is 0 Å². The molecule has 0 saturated carbocycles. The summed E-state index contributed by atoms with van der Waals surface area (Å²) in [5, 5.41) is 0. The van der Waals surface area contributed by atoms with Crippen LogP contribution in [0.5, 0.6) is 0 Å². The van der Waals surface area contributed by atoms with Crippen molar-refractivity contribution in [2.45, 2.75) is 16.4 Å². The molecular formula is C4H2Cl3F5. The standard InChI is InChI=1S/C4H2Cl3F5/c5-1-2(8,9)3(6,7)4(10,11)12/h1H2. The number of alkyl halides is 8. The van der Waals surface area contributed by atoms with Crippen molar-refractivity contribution in [2.75, 3.05) is 5.88 Å². The van der Waals surface area contributed by atoms with Crippen molar-refractivity contribution in [1.29, 1.82) is 0 Å². The van der Waals surface area contributed by atoms with Crippen LogP contribution >= 0.6 is 34.8 Å². The minimum absolute atomic E-state index is 1.60. The fraction of sp³-hybridized carbons (Fsp3) is 1.00. The van der Waals surface area contributed by atoms with Gasteiger partial charge in [-0.15, -0.1) is 11.6 Å². The monoisotopic (exact) mass is 250 g/mol. The van der Waals surface area contributed by atoms with E-state index in [1.807, 2.05) is 0 Å². The zero-order chi connectivity index (χ0) is 10.2. The zero-order valence-corrected chi connectivity index (χ0v) is 7.50. The molecule has 0 fully saturated rings. The Morgan fingerprint density at radius 2 is 1.25 bits per heavy atom. The van der Waals surface area contributed by atoms with Gasteiger partial charge >= 0.3 is 12.1 Å². The first-order valence-corrected chi connectivity index (χ1v) is 3.73. The van der Waals surface area contributed by atoms with E-state index in [0.29, 0.717) is 0 Å². The molecule has 0 heterocycles. The van der Waals surface area contributed by atoms with E-state index in [1.165, 1.54) is 0 Å². The third-order valence-electron chi connectivity index (χ3n) is 0.983. The van der Waals surface area contributed by atoms with E-state index >= 15 is 0 Å². The van der Waals surface area contributed by atoms with Gasteiger partial charge in [0.25, 0.3) is 4.33 Å². The molecule has 0 aliphatic carbocycles. The maximum Gasteiger partial charge on any atom is 0.427 e. The van der Waals surface area contributed by atoms with E-state index in [0.717, 1.165) is 0 Å². The van der Waals surface area contributed by atoms with Crippen LogP contribution in [0.4, 0.5) is 22.0 Å². The van der Waals surface area contributed by atoms with Crippen molar-refractivity contribution in [3.8, 4) is 0 Å². The fourth-order valence-electron chi connectivity index (χ4n) is 0.291. The van der Waals surface area contributed by atoms with Gasteiger partial charge in [0.05, 0.1) is 5.88 Å². The Kier molecular flexibility index (Phi) is 3.49. The van der Waals surface area contributed by atoms with Crippen LogP contribution in [0.25, 0.3) is 0 Å². The number of hydrogen-bond donors (Lipinski definition) is 0. The number of halogens is 8. The summed E-state index contributed by atoms with van der Waals surface area (Å²) in [6.07, 6.45) is -5.42. The molecule has 8 heteroatoms. The Morgan fingerprint density at radius 3 is 1.33 bits per heavy atom. The van der Waals surface area contributed by atoms with Crippen LogP contribution in [0.3, 0.4) is 0 Å². The summed E-state index contributed by atoms with van der Waals surface area (Å²) in [6, 6.07) is 0. The van der Waals surface area contributed by atoms with E-state index < -0.39 is 22.3 Å². The molecule has 0 aliphatic rings. The molecule has 0 atom stereocenters. The maximum absolute atomic E-state index is 12.3. The summed E-state index contributed by atoms with van der Waals surface area (Å²) in [5.41, 5.74) is 0. The van der Waals surface area contributed by atoms with Gasteiger partial charge in [0.2, 0.25) is 0 Å². The normalized spacial score (nSPS) is 15.0. The molecule has 0 aliphatic heterocycles. The smallest absolute Gasteiger partial charge is 0.202 e. The van der Waals surface area contributed by atoms with Gasteiger partial charge in [-0.25, -0.2) is 8.78 Å². The predicted octanol–water partition coefficient (Wildman–Crippen LogP) is 3.60. The summed E-state index contributed by atoms with van der Waals surface area (Å²) < 4.78 is 55.6. The van der Waals surface area contributed by atoms with Crippen molar-refractivity contribution >= 4 is 34.8 Å². The van der Waals surface area contributed by atoms with E-state index in [-0.39, 0.29) is 0 Å². The zero-order valence-electron chi connectivity index (χ0n) is 5.23. The lowest BCUT2D eigenvalue weighted by atomic mass is 10.2. The number of hydrogen-bond acceptors (Lipinski definition) is 0. The van der Waals surface area contributed by atoms with Gasteiger partial charge in [0.15, 0.2) is 0 Å². The molecule has 0 aromatic carbocycles. The fourth-order valence-corrected chi connectivity index (χ4v) is 0.762. The Morgan fingerprint density at radius 1 is 0.917 bits per heavy atom. The third-order valence-corrected chi connectivity index (χ3v) is 2.30. The molecule has 0 aromatic rings. The Bertz CT molecular complexity index is 163.